The summed E-state index contributed by atoms with van der Waals surface area (Å²) < 4.78 is 26.9. The van der Waals surface area contributed by atoms with E-state index in [1.807, 2.05) is 37.2 Å². The normalized spacial score (nSPS) is 11.7. The second-order valence-corrected chi connectivity index (χ2v) is 7.49. The summed E-state index contributed by atoms with van der Waals surface area (Å²) in [7, 11) is 0.491. The molecule has 0 amide bonds. The number of benzene rings is 1. The van der Waals surface area contributed by atoms with Crippen molar-refractivity contribution in [2.45, 2.75) is 32.7 Å². The Morgan fingerprint density at radius 3 is 2.43 bits per heavy atom. The fraction of sp³-hybridized carbons (Fsp3) is 0.600. The van der Waals surface area contributed by atoms with E-state index in [1.54, 1.807) is 6.07 Å². The van der Waals surface area contributed by atoms with E-state index in [9.17, 15) is 8.42 Å². The van der Waals surface area contributed by atoms with E-state index in [4.69, 9.17) is 0 Å². The third-order valence-corrected chi connectivity index (χ3v) is 4.40. The Kier molecular flexibility index (Phi) is 6.98. The average molecular weight is 313 g/mol. The van der Waals surface area contributed by atoms with Gasteiger partial charge < -0.3 is 10.2 Å². The molecule has 0 unspecified atom stereocenters. The summed E-state index contributed by atoms with van der Waals surface area (Å²) in [5.41, 5.74) is 1.49. The van der Waals surface area contributed by atoms with E-state index < -0.39 is 10.0 Å². The Hall–Kier alpha value is -1.27. The number of unbranched alkanes of at least 4 members (excludes halogenated alkanes) is 1. The van der Waals surface area contributed by atoms with Gasteiger partial charge in [-0.3, -0.25) is 4.72 Å². The van der Waals surface area contributed by atoms with Gasteiger partial charge >= 0.3 is 0 Å². The van der Waals surface area contributed by atoms with Gasteiger partial charge in [-0.15, -0.1) is 0 Å². The molecule has 5 nitrogen and oxygen atoms in total. The number of hydrogen-bond donors (Lipinski definition) is 2. The number of anilines is 2. The maximum absolute atomic E-state index is 12.1. The van der Waals surface area contributed by atoms with Crippen LogP contribution in [0, 0.1) is 0 Å². The maximum Gasteiger partial charge on any atom is 0.232 e. The van der Waals surface area contributed by atoms with Gasteiger partial charge in [0.2, 0.25) is 10.0 Å². The van der Waals surface area contributed by atoms with E-state index in [-0.39, 0.29) is 5.75 Å². The van der Waals surface area contributed by atoms with Crippen molar-refractivity contribution in [1.82, 2.24) is 5.32 Å². The predicted molar refractivity (Wildman–Crippen MR) is 90.6 cm³/mol. The summed E-state index contributed by atoms with van der Waals surface area (Å²) in [5, 5.41) is 3.28. The first-order chi connectivity index (χ1) is 9.82. The topological polar surface area (TPSA) is 61.4 Å². The molecule has 0 saturated heterocycles. The zero-order valence-electron chi connectivity index (χ0n) is 13.4. The Balaban J connectivity index is 2.53. The largest absolute Gasteiger partial charge is 0.376 e. The van der Waals surface area contributed by atoms with Crippen LogP contribution in [0.4, 0.5) is 11.4 Å². The SMILES string of the molecule is CC(C)NCCCCS(=O)(=O)Nc1ccccc1N(C)C. The van der Waals surface area contributed by atoms with Gasteiger partial charge in [0.25, 0.3) is 0 Å². The van der Waals surface area contributed by atoms with Gasteiger partial charge in [0.05, 0.1) is 17.1 Å². The Labute approximate surface area is 128 Å². The minimum absolute atomic E-state index is 0.147. The van der Waals surface area contributed by atoms with Gasteiger partial charge in [-0.25, -0.2) is 8.42 Å². The highest BCUT2D eigenvalue weighted by Crippen LogP contribution is 2.24. The van der Waals surface area contributed by atoms with Crippen LogP contribution in [0.3, 0.4) is 0 Å². The maximum atomic E-state index is 12.1. The predicted octanol–water partition coefficient (Wildman–Crippen LogP) is 2.27. The Morgan fingerprint density at radius 2 is 1.81 bits per heavy atom. The van der Waals surface area contributed by atoms with Crippen LogP contribution >= 0.6 is 0 Å². The fourth-order valence-corrected chi connectivity index (χ4v) is 3.17. The van der Waals surface area contributed by atoms with Crippen molar-refractivity contribution in [3.05, 3.63) is 24.3 Å². The van der Waals surface area contributed by atoms with Gasteiger partial charge in [-0.2, -0.15) is 0 Å². The number of para-hydroxylation sites is 2. The number of rotatable bonds is 9. The smallest absolute Gasteiger partial charge is 0.232 e. The molecular formula is C15H27N3O2S. The highest BCUT2D eigenvalue weighted by Gasteiger charge is 2.13. The lowest BCUT2D eigenvalue weighted by Gasteiger charge is -2.18. The van der Waals surface area contributed by atoms with Crippen LogP contribution < -0.4 is 14.9 Å². The molecule has 0 spiro atoms. The Morgan fingerprint density at radius 1 is 1.14 bits per heavy atom. The lowest BCUT2D eigenvalue weighted by Crippen LogP contribution is -2.24. The highest BCUT2D eigenvalue weighted by molar-refractivity contribution is 7.92. The third-order valence-electron chi connectivity index (χ3n) is 3.04. The molecule has 1 aromatic rings. The molecule has 2 N–H and O–H groups in total. The van der Waals surface area contributed by atoms with Crippen molar-refractivity contribution in [3.63, 3.8) is 0 Å². The average Bonchev–Trinajstić information content (AvgIpc) is 2.37. The van der Waals surface area contributed by atoms with Crippen molar-refractivity contribution in [3.8, 4) is 0 Å². The zero-order chi connectivity index (χ0) is 15.9. The zero-order valence-corrected chi connectivity index (χ0v) is 14.2. The summed E-state index contributed by atoms with van der Waals surface area (Å²) in [5.74, 6) is 0.147. The number of nitrogens with zero attached hydrogens (tertiary/aromatic N) is 1. The first-order valence-corrected chi connectivity index (χ1v) is 8.97. The molecule has 1 aromatic carbocycles. The van der Waals surface area contributed by atoms with Crippen LogP contribution in [0.15, 0.2) is 24.3 Å². The number of nitrogens with one attached hydrogen (secondary N) is 2. The second kappa shape index (κ2) is 8.24. The van der Waals surface area contributed by atoms with Gasteiger partial charge in [0.15, 0.2) is 0 Å². The van der Waals surface area contributed by atoms with Gasteiger partial charge in [-0.1, -0.05) is 26.0 Å². The summed E-state index contributed by atoms with van der Waals surface area (Å²) in [6, 6.07) is 7.84. The monoisotopic (exact) mass is 313 g/mol. The van der Waals surface area contributed by atoms with Crippen molar-refractivity contribution in [2.24, 2.45) is 0 Å². The summed E-state index contributed by atoms with van der Waals surface area (Å²) in [4.78, 5) is 1.89. The Bertz CT molecular complexity index is 527. The molecule has 21 heavy (non-hydrogen) atoms. The first kappa shape index (κ1) is 17.8. The molecule has 0 bridgehead atoms. The van der Waals surface area contributed by atoms with Crippen LogP contribution in [0.1, 0.15) is 26.7 Å². The fourth-order valence-electron chi connectivity index (χ4n) is 1.98. The molecule has 0 saturated carbocycles. The molecule has 0 aliphatic carbocycles. The van der Waals surface area contributed by atoms with Crippen molar-refractivity contribution in [2.75, 3.05) is 36.0 Å². The molecule has 6 heteroatoms. The van der Waals surface area contributed by atoms with Gasteiger partial charge in [0.1, 0.15) is 0 Å². The van der Waals surface area contributed by atoms with Crippen molar-refractivity contribution >= 4 is 21.4 Å². The minimum Gasteiger partial charge on any atom is -0.376 e. The van der Waals surface area contributed by atoms with E-state index in [0.29, 0.717) is 18.2 Å². The van der Waals surface area contributed by atoms with E-state index in [0.717, 1.165) is 18.7 Å². The summed E-state index contributed by atoms with van der Waals surface area (Å²) in [6.45, 7) is 5.01. The molecule has 0 radical (unpaired) electrons. The van der Waals surface area contributed by atoms with Gasteiger partial charge in [-0.05, 0) is 31.5 Å². The molecule has 0 aromatic heterocycles. The lowest BCUT2D eigenvalue weighted by molar-refractivity contribution is 0.561. The van der Waals surface area contributed by atoms with Crippen LogP contribution in [0.5, 0.6) is 0 Å². The van der Waals surface area contributed by atoms with Crippen molar-refractivity contribution < 1.29 is 8.42 Å². The molecule has 1 rings (SSSR count). The molecule has 0 aliphatic rings. The number of sulfonamides is 1. The standard InChI is InChI=1S/C15H27N3O2S/c1-13(2)16-11-7-8-12-21(19,20)17-14-9-5-6-10-15(14)18(3)4/h5-6,9-10,13,16-17H,7-8,11-12H2,1-4H3. The quantitative estimate of drug-likeness (QED) is 0.687. The molecule has 120 valence electrons. The van der Waals surface area contributed by atoms with Gasteiger partial charge in [0, 0.05) is 20.1 Å². The minimum atomic E-state index is -3.30. The van der Waals surface area contributed by atoms with E-state index >= 15 is 0 Å². The molecule has 0 heterocycles. The summed E-state index contributed by atoms with van der Waals surface area (Å²) in [6.07, 6.45) is 1.51. The van der Waals surface area contributed by atoms with E-state index in [2.05, 4.69) is 23.9 Å². The van der Waals surface area contributed by atoms with Crippen LogP contribution in [0.2, 0.25) is 0 Å². The first-order valence-electron chi connectivity index (χ1n) is 7.32. The van der Waals surface area contributed by atoms with Crippen LogP contribution in [-0.4, -0.2) is 40.9 Å². The highest BCUT2D eigenvalue weighted by atomic mass is 32.2. The lowest BCUT2D eigenvalue weighted by atomic mass is 10.2. The molecular weight excluding hydrogens is 286 g/mol. The summed E-state index contributed by atoms with van der Waals surface area (Å²) >= 11 is 0. The van der Waals surface area contributed by atoms with Crippen LogP contribution in [0.25, 0.3) is 0 Å². The molecule has 0 atom stereocenters. The third kappa shape index (κ3) is 6.82. The van der Waals surface area contributed by atoms with E-state index in [1.165, 1.54) is 0 Å². The van der Waals surface area contributed by atoms with Crippen molar-refractivity contribution in [1.29, 1.82) is 0 Å². The second-order valence-electron chi connectivity index (χ2n) is 5.65. The molecule has 0 fully saturated rings. The van der Waals surface area contributed by atoms with Crippen LogP contribution in [-0.2, 0) is 10.0 Å². The molecule has 0 aliphatic heterocycles. The number of hydrogen-bond acceptors (Lipinski definition) is 4.